The van der Waals surface area contributed by atoms with Crippen molar-refractivity contribution in [2.24, 2.45) is 0 Å². The molecular formula is C14H9FN2O2. The van der Waals surface area contributed by atoms with Crippen LogP contribution in [0.2, 0.25) is 0 Å². The van der Waals surface area contributed by atoms with Crippen LogP contribution in [0.1, 0.15) is 15.9 Å². The second-order valence-electron chi connectivity index (χ2n) is 3.82. The summed E-state index contributed by atoms with van der Waals surface area (Å²) in [4.78, 5) is 10.8. The third kappa shape index (κ3) is 2.87. The van der Waals surface area contributed by atoms with Crippen LogP contribution in [0.3, 0.4) is 0 Å². The van der Waals surface area contributed by atoms with E-state index in [1.54, 1.807) is 24.3 Å². The van der Waals surface area contributed by atoms with E-state index in [0.29, 0.717) is 11.4 Å². The Morgan fingerprint density at radius 2 is 1.95 bits per heavy atom. The maximum Gasteiger partial charge on any atom is 0.335 e. The van der Waals surface area contributed by atoms with Crippen molar-refractivity contribution < 1.29 is 14.3 Å². The van der Waals surface area contributed by atoms with Crippen molar-refractivity contribution in [3.05, 3.63) is 59.4 Å². The number of carbonyl (C=O) groups is 1. The van der Waals surface area contributed by atoms with E-state index in [0.717, 1.165) is 0 Å². The molecule has 19 heavy (non-hydrogen) atoms. The Hall–Kier alpha value is -2.87. The molecular weight excluding hydrogens is 247 g/mol. The van der Waals surface area contributed by atoms with Gasteiger partial charge in [0, 0.05) is 11.4 Å². The summed E-state index contributed by atoms with van der Waals surface area (Å²) in [5, 5.41) is 20.4. The third-order valence-electron chi connectivity index (χ3n) is 2.49. The van der Waals surface area contributed by atoms with Gasteiger partial charge in [0.1, 0.15) is 11.9 Å². The second-order valence-corrected chi connectivity index (χ2v) is 3.82. The molecule has 0 fully saturated rings. The molecule has 0 atom stereocenters. The molecule has 0 saturated carbocycles. The molecule has 0 spiro atoms. The van der Waals surface area contributed by atoms with E-state index in [4.69, 9.17) is 10.4 Å². The first-order chi connectivity index (χ1) is 9.10. The van der Waals surface area contributed by atoms with Crippen molar-refractivity contribution in [1.82, 2.24) is 0 Å². The molecule has 0 aliphatic heterocycles. The Morgan fingerprint density at radius 1 is 1.21 bits per heavy atom. The number of rotatable bonds is 3. The van der Waals surface area contributed by atoms with Crippen LogP contribution < -0.4 is 5.32 Å². The van der Waals surface area contributed by atoms with Crippen LogP contribution >= 0.6 is 0 Å². The number of halogens is 1. The first-order valence-electron chi connectivity index (χ1n) is 5.40. The Labute approximate surface area is 108 Å². The summed E-state index contributed by atoms with van der Waals surface area (Å²) in [7, 11) is 0. The first-order valence-corrected chi connectivity index (χ1v) is 5.40. The molecule has 0 saturated heterocycles. The summed E-state index contributed by atoms with van der Waals surface area (Å²) in [6.07, 6.45) is 0. The number of nitrogens with zero attached hydrogens (tertiary/aromatic N) is 1. The van der Waals surface area contributed by atoms with Gasteiger partial charge in [-0.2, -0.15) is 5.26 Å². The summed E-state index contributed by atoms with van der Waals surface area (Å²) in [5.74, 6) is -1.66. The van der Waals surface area contributed by atoms with Crippen LogP contribution in [0, 0.1) is 17.1 Å². The topological polar surface area (TPSA) is 73.1 Å². The van der Waals surface area contributed by atoms with Gasteiger partial charge in [0.15, 0.2) is 0 Å². The largest absolute Gasteiger partial charge is 0.478 e. The lowest BCUT2D eigenvalue weighted by molar-refractivity contribution is 0.0697. The number of nitriles is 1. The molecule has 2 aromatic carbocycles. The normalized spacial score (nSPS) is 9.68. The Balaban J connectivity index is 2.26. The lowest BCUT2D eigenvalue weighted by Gasteiger charge is -2.07. The Kier molecular flexibility index (Phi) is 3.44. The van der Waals surface area contributed by atoms with Crippen molar-refractivity contribution in [2.75, 3.05) is 5.32 Å². The minimum absolute atomic E-state index is 0.0372. The van der Waals surface area contributed by atoms with Gasteiger partial charge in [-0.15, -0.1) is 0 Å². The summed E-state index contributed by atoms with van der Waals surface area (Å²) < 4.78 is 13.4. The van der Waals surface area contributed by atoms with Crippen molar-refractivity contribution in [1.29, 1.82) is 5.26 Å². The van der Waals surface area contributed by atoms with Gasteiger partial charge in [-0.3, -0.25) is 0 Å². The van der Waals surface area contributed by atoms with Crippen LogP contribution in [-0.2, 0) is 0 Å². The maximum atomic E-state index is 13.4. The molecule has 0 aliphatic rings. The fourth-order valence-electron chi connectivity index (χ4n) is 1.58. The summed E-state index contributed by atoms with van der Waals surface area (Å²) in [6.45, 7) is 0. The van der Waals surface area contributed by atoms with E-state index >= 15 is 0 Å². The minimum Gasteiger partial charge on any atom is -0.478 e. The van der Waals surface area contributed by atoms with Crippen molar-refractivity contribution in [2.45, 2.75) is 0 Å². The summed E-state index contributed by atoms with van der Waals surface area (Å²) >= 11 is 0. The number of carboxylic acid groups (broad SMARTS) is 1. The Morgan fingerprint density at radius 3 is 2.58 bits per heavy atom. The van der Waals surface area contributed by atoms with Gasteiger partial charge in [-0.1, -0.05) is 6.07 Å². The maximum absolute atomic E-state index is 13.4. The molecule has 0 aliphatic carbocycles. The standard InChI is InChI=1S/C14H9FN2O2/c15-13-7-12(5-4-10(13)8-16)17-11-3-1-2-9(6-11)14(18)19/h1-7,17H,(H,18,19). The van der Waals surface area contributed by atoms with Crippen LogP contribution in [0.25, 0.3) is 0 Å². The molecule has 94 valence electrons. The van der Waals surface area contributed by atoms with Crippen molar-refractivity contribution in [3.8, 4) is 6.07 Å². The van der Waals surface area contributed by atoms with E-state index < -0.39 is 11.8 Å². The van der Waals surface area contributed by atoms with Crippen molar-refractivity contribution in [3.63, 3.8) is 0 Å². The number of carboxylic acids is 1. The number of aromatic carboxylic acids is 1. The highest BCUT2D eigenvalue weighted by molar-refractivity contribution is 5.89. The van der Waals surface area contributed by atoms with Gasteiger partial charge in [0.2, 0.25) is 0 Å². The lowest BCUT2D eigenvalue weighted by atomic mass is 10.1. The molecule has 4 nitrogen and oxygen atoms in total. The minimum atomic E-state index is -1.03. The van der Waals surface area contributed by atoms with Crippen LogP contribution in [0.15, 0.2) is 42.5 Å². The van der Waals surface area contributed by atoms with Crippen molar-refractivity contribution >= 4 is 17.3 Å². The highest BCUT2D eigenvalue weighted by Gasteiger charge is 2.05. The van der Waals surface area contributed by atoms with Crippen LogP contribution in [0.4, 0.5) is 15.8 Å². The van der Waals surface area contributed by atoms with E-state index in [1.807, 2.05) is 0 Å². The SMILES string of the molecule is N#Cc1ccc(Nc2cccc(C(=O)O)c2)cc1F. The number of benzene rings is 2. The van der Waals surface area contributed by atoms with Gasteiger partial charge < -0.3 is 10.4 Å². The van der Waals surface area contributed by atoms with E-state index in [9.17, 15) is 9.18 Å². The molecule has 2 aromatic rings. The molecule has 2 rings (SSSR count). The number of hydrogen-bond donors (Lipinski definition) is 2. The first kappa shape index (κ1) is 12.6. The lowest BCUT2D eigenvalue weighted by Crippen LogP contribution is -1.98. The zero-order chi connectivity index (χ0) is 13.8. The zero-order valence-corrected chi connectivity index (χ0v) is 9.72. The van der Waals surface area contributed by atoms with Gasteiger partial charge in [0.05, 0.1) is 11.1 Å². The zero-order valence-electron chi connectivity index (χ0n) is 9.72. The van der Waals surface area contributed by atoms with E-state index in [1.165, 1.54) is 24.3 Å². The van der Waals surface area contributed by atoms with Crippen LogP contribution in [0.5, 0.6) is 0 Å². The smallest absolute Gasteiger partial charge is 0.335 e. The number of nitrogens with one attached hydrogen (secondary N) is 1. The molecule has 0 unspecified atom stereocenters. The quantitative estimate of drug-likeness (QED) is 0.884. The third-order valence-corrected chi connectivity index (χ3v) is 2.49. The fourth-order valence-corrected chi connectivity index (χ4v) is 1.58. The highest BCUT2D eigenvalue weighted by Crippen LogP contribution is 2.20. The summed E-state index contributed by atoms with van der Waals surface area (Å²) in [6, 6.07) is 12.0. The molecule has 0 radical (unpaired) electrons. The molecule has 5 heteroatoms. The second kappa shape index (κ2) is 5.19. The molecule has 0 aromatic heterocycles. The number of hydrogen-bond acceptors (Lipinski definition) is 3. The fraction of sp³-hybridized carbons (Fsp3) is 0. The predicted octanol–water partition coefficient (Wildman–Crippen LogP) is 3.14. The average Bonchev–Trinajstić information content (AvgIpc) is 2.39. The monoisotopic (exact) mass is 256 g/mol. The van der Waals surface area contributed by atoms with Gasteiger partial charge in [-0.05, 0) is 36.4 Å². The molecule has 0 amide bonds. The summed E-state index contributed by atoms with van der Waals surface area (Å²) in [5.41, 5.74) is 1.08. The number of anilines is 2. The average molecular weight is 256 g/mol. The van der Waals surface area contributed by atoms with Gasteiger partial charge in [-0.25, -0.2) is 9.18 Å². The van der Waals surface area contributed by atoms with Gasteiger partial charge >= 0.3 is 5.97 Å². The predicted molar refractivity (Wildman–Crippen MR) is 67.8 cm³/mol. The van der Waals surface area contributed by atoms with E-state index in [-0.39, 0.29) is 11.1 Å². The van der Waals surface area contributed by atoms with Gasteiger partial charge in [0.25, 0.3) is 0 Å². The molecule has 2 N–H and O–H groups in total. The molecule has 0 heterocycles. The van der Waals surface area contributed by atoms with E-state index in [2.05, 4.69) is 5.32 Å². The highest BCUT2D eigenvalue weighted by atomic mass is 19.1. The van der Waals surface area contributed by atoms with Crippen LogP contribution in [-0.4, -0.2) is 11.1 Å². The molecule has 0 bridgehead atoms. The Bertz CT molecular complexity index is 677.